The van der Waals surface area contributed by atoms with Crippen molar-refractivity contribution in [2.24, 2.45) is 5.16 Å². The number of hydrogen-bond donors (Lipinski definition) is 5. The molecule has 0 radical (unpaired) electrons. The van der Waals surface area contributed by atoms with E-state index in [1.165, 1.54) is 43.1 Å². The van der Waals surface area contributed by atoms with Gasteiger partial charge in [0.05, 0.1) is 11.7 Å². The Labute approximate surface area is 250 Å². The number of hydrogen-bond acceptors (Lipinski definition) is 13. The first kappa shape index (κ1) is 29.6. The molecule has 0 bridgehead atoms. The molecule has 17 heteroatoms. The number of fused-ring (bicyclic) bond motifs is 2. The number of benzene rings is 1. The number of anilines is 1. The summed E-state index contributed by atoms with van der Waals surface area (Å²) >= 11 is 2.23. The van der Waals surface area contributed by atoms with Crippen molar-refractivity contribution < 1.29 is 49.0 Å². The van der Waals surface area contributed by atoms with Crippen LogP contribution in [0.5, 0.6) is 11.5 Å². The highest BCUT2D eigenvalue weighted by molar-refractivity contribution is 8.00. The van der Waals surface area contributed by atoms with Crippen LogP contribution in [0.2, 0.25) is 0 Å². The van der Waals surface area contributed by atoms with Crippen LogP contribution in [0.3, 0.4) is 0 Å². The first-order valence-electron chi connectivity index (χ1n) is 12.5. The highest BCUT2D eigenvalue weighted by Crippen LogP contribution is 2.40. The van der Waals surface area contributed by atoms with Crippen LogP contribution in [-0.4, -0.2) is 77.4 Å². The lowest BCUT2D eigenvalue weighted by molar-refractivity contribution is -0.687. The number of β-lactam (4-membered cyclic amide) rings is 1. The number of phenols is 2. The van der Waals surface area contributed by atoms with Crippen LogP contribution in [0.1, 0.15) is 19.5 Å². The molecule has 5 rings (SSSR count). The molecule has 1 unspecified atom stereocenters. The Morgan fingerprint density at radius 3 is 2.60 bits per heavy atom. The van der Waals surface area contributed by atoms with Crippen LogP contribution in [0.15, 0.2) is 52.4 Å². The lowest BCUT2D eigenvalue weighted by Crippen LogP contribution is -2.71. The van der Waals surface area contributed by atoms with Gasteiger partial charge in [-0.15, -0.1) is 23.1 Å². The Morgan fingerprint density at radius 1 is 1.28 bits per heavy atom. The van der Waals surface area contributed by atoms with Crippen LogP contribution in [-0.2, 0) is 30.6 Å². The van der Waals surface area contributed by atoms with Crippen molar-refractivity contribution >= 4 is 68.5 Å². The number of phenolic OH excluding ortho intramolecular Hbond substituents is 2. The summed E-state index contributed by atoms with van der Waals surface area (Å²) in [5.41, 5.74) is 3.54. The van der Waals surface area contributed by atoms with E-state index in [9.17, 15) is 39.6 Å². The van der Waals surface area contributed by atoms with E-state index in [0.29, 0.717) is 16.3 Å². The number of carboxylic acids is 2. The Balaban J connectivity index is 1.37. The quantitative estimate of drug-likeness (QED) is 0.0649. The van der Waals surface area contributed by atoms with Gasteiger partial charge in [0.2, 0.25) is 5.60 Å². The number of pyridine rings is 1. The summed E-state index contributed by atoms with van der Waals surface area (Å²) in [5.74, 6) is -4.90. The van der Waals surface area contributed by atoms with Crippen LogP contribution >= 0.6 is 23.1 Å². The van der Waals surface area contributed by atoms with Gasteiger partial charge in [-0.05, 0) is 31.4 Å². The summed E-state index contributed by atoms with van der Waals surface area (Å²) < 4.78 is 1.67. The number of nitrogens with two attached hydrogens (primary N) is 1. The van der Waals surface area contributed by atoms with Gasteiger partial charge in [0.15, 0.2) is 41.3 Å². The van der Waals surface area contributed by atoms with E-state index in [-0.39, 0.29) is 40.3 Å². The largest absolute Gasteiger partial charge is 0.543 e. The van der Waals surface area contributed by atoms with Gasteiger partial charge in [-0.3, -0.25) is 14.5 Å². The second-order valence-electron chi connectivity index (χ2n) is 10.1. The average molecular weight is 629 g/mol. The molecule has 2 atom stereocenters. The van der Waals surface area contributed by atoms with Gasteiger partial charge in [0, 0.05) is 28.2 Å². The lowest BCUT2D eigenvalue weighted by atomic mass is 10.0. The van der Waals surface area contributed by atoms with E-state index in [1.54, 1.807) is 23.0 Å². The highest BCUT2D eigenvalue weighted by Gasteiger charge is 2.53. The van der Waals surface area contributed by atoms with Crippen LogP contribution in [0.4, 0.5) is 5.13 Å². The minimum atomic E-state index is -1.79. The van der Waals surface area contributed by atoms with Crippen molar-refractivity contribution in [3.8, 4) is 11.5 Å². The van der Waals surface area contributed by atoms with E-state index in [2.05, 4.69) is 15.5 Å². The lowest BCUT2D eigenvalue weighted by Gasteiger charge is -2.50. The molecule has 0 spiro atoms. The number of carbonyl (C=O) groups is 4. The molecule has 0 saturated carbocycles. The number of nitrogens with one attached hydrogen (secondary N) is 1. The number of nitrogen functional groups attached to an aromatic ring is 1. The molecule has 0 aliphatic carbocycles. The van der Waals surface area contributed by atoms with Crippen molar-refractivity contribution in [3.63, 3.8) is 0 Å². The first-order chi connectivity index (χ1) is 20.3. The molecular weight excluding hydrogens is 604 g/mol. The second kappa shape index (κ2) is 11.1. The van der Waals surface area contributed by atoms with E-state index in [0.717, 1.165) is 16.2 Å². The zero-order valence-electron chi connectivity index (χ0n) is 22.5. The highest BCUT2D eigenvalue weighted by atomic mass is 32.2. The summed E-state index contributed by atoms with van der Waals surface area (Å²) in [5, 5.41) is 49.3. The molecule has 2 aromatic heterocycles. The number of rotatable bonds is 9. The Morgan fingerprint density at radius 2 is 1.98 bits per heavy atom. The van der Waals surface area contributed by atoms with Crippen LogP contribution in [0.25, 0.3) is 10.8 Å². The molecule has 6 N–H and O–H groups in total. The van der Waals surface area contributed by atoms with Gasteiger partial charge in [-0.2, -0.15) is 0 Å². The second-order valence-corrected chi connectivity index (χ2v) is 12.1. The van der Waals surface area contributed by atoms with Crippen LogP contribution < -0.4 is 20.7 Å². The van der Waals surface area contributed by atoms with Crippen molar-refractivity contribution in [2.75, 3.05) is 11.5 Å². The molecule has 1 saturated heterocycles. The minimum absolute atomic E-state index is 0.00494. The van der Waals surface area contributed by atoms with Crippen molar-refractivity contribution in [1.29, 1.82) is 0 Å². The van der Waals surface area contributed by atoms with Crippen molar-refractivity contribution in [1.82, 2.24) is 15.2 Å². The maximum Gasteiger partial charge on any atom is 0.350 e. The zero-order valence-corrected chi connectivity index (χ0v) is 24.1. The maximum atomic E-state index is 13.2. The minimum Gasteiger partial charge on any atom is -0.543 e. The number of carboxylic acid groups (broad SMARTS) is 2. The number of amides is 2. The normalized spacial score (nSPS) is 18.7. The number of thiazole rings is 1. The third-order valence-corrected chi connectivity index (χ3v) is 8.70. The van der Waals surface area contributed by atoms with E-state index in [4.69, 9.17) is 10.6 Å². The Bertz CT molecular complexity index is 1750. The standard InChI is InChI=1S/C26H24N6O9S2/c1-26(2,24(39)40)41-30-17(14-10-43-25(27)28-14)20(35)29-18-21(36)32-19(23(37)38)13(9-42-22(18)32)8-31-4-3-11-5-15(33)16(34)6-12(11)7-31/h3-7,10,18,22H,8-9H2,1-2H3,(H6,27,28,29,34,35,37,38,39,40)/t18?,22-/m1/s1. The number of thioether (sulfide) groups is 1. The average Bonchev–Trinajstić information content (AvgIpc) is 3.37. The number of aromatic nitrogens is 2. The van der Waals surface area contributed by atoms with Gasteiger partial charge in [-0.1, -0.05) is 5.16 Å². The molecule has 224 valence electrons. The third-order valence-electron chi connectivity index (χ3n) is 6.69. The summed E-state index contributed by atoms with van der Waals surface area (Å²) in [7, 11) is 0. The summed E-state index contributed by atoms with van der Waals surface area (Å²) in [6.45, 7) is 2.54. The fourth-order valence-corrected chi connectivity index (χ4v) is 6.27. The summed E-state index contributed by atoms with van der Waals surface area (Å²) in [4.78, 5) is 60.2. The summed E-state index contributed by atoms with van der Waals surface area (Å²) in [6.07, 6.45) is 3.32. The molecular formula is C26H24N6O9S2. The van der Waals surface area contributed by atoms with Gasteiger partial charge in [0.1, 0.15) is 17.1 Å². The first-order valence-corrected chi connectivity index (χ1v) is 14.4. The monoisotopic (exact) mass is 628 g/mol. The van der Waals surface area contributed by atoms with Gasteiger partial charge in [0.25, 0.3) is 11.8 Å². The van der Waals surface area contributed by atoms with Gasteiger partial charge < -0.3 is 41.1 Å². The predicted octanol–water partition coefficient (Wildman–Crippen LogP) is -0.735. The molecule has 2 aliphatic rings. The molecule has 4 heterocycles. The predicted molar refractivity (Wildman–Crippen MR) is 150 cm³/mol. The SMILES string of the molecule is CC(C)(ON=C(C(=O)NC1C(=O)N2C(C(=O)[O-])=C(C[n+]3ccc4cc(O)c(O)cc4c3)CS[C@H]12)c1csc(N)n1)C(=O)O. The molecule has 1 fully saturated rings. The summed E-state index contributed by atoms with van der Waals surface area (Å²) in [6, 6.07) is 3.32. The number of nitrogens with zero attached hydrogens (tertiary/aromatic N) is 4. The Kier molecular flexibility index (Phi) is 7.61. The van der Waals surface area contributed by atoms with Gasteiger partial charge in [-0.25, -0.2) is 14.3 Å². The molecule has 2 aliphatic heterocycles. The van der Waals surface area contributed by atoms with Crippen LogP contribution in [0, 0.1) is 0 Å². The van der Waals surface area contributed by atoms with Crippen molar-refractivity contribution in [3.05, 3.63) is 52.9 Å². The number of carbonyl (C=O) groups excluding carboxylic acids is 3. The molecule has 3 aromatic rings. The molecule has 2 amide bonds. The maximum absolute atomic E-state index is 13.2. The molecule has 1 aromatic carbocycles. The van der Waals surface area contributed by atoms with E-state index in [1.807, 2.05) is 0 Å². The number of oxime groups is 1. The molecule has 15 nitrogen and oxygen atoms in total. The molecule has 43 heavy (non-hydrogen) atoms. The smallest absolute Gasteiger partial charge is 0.350 e. The topological polar surface area (TPSA) is 232 Å². The third kappa shape index (κ3) is 5.63. The fraction of sp³-hybridized carbons (Fsp3) is 0.269. The van der Waals surface area contributed by atoms with Gasteiger partial charge >= 0.3 is 5.97 Å². The van der Waals surface area contributed by atoms with Crippen molar-refractivity contribution in [2.45, 2.75) is 37.4 Å². The van der Waals surface area contributed by atoms with E-state index < -0.39 is 46.5 Å². The fourth-order valence-electron chi connectivity index (χ4n) is 4.38. The Hall–Kier alpha value is -4.90. The van der Waals surface area contributed by atoms with E-state index >= 15 is 0 Å². The zero-order chi connectivity index (χ0) is 31.2. The number of aliphatic carboxylic acids is 2. The number of aromatic hydroxyl groups is 2.